The predicted molar refractivity (Wildman–Crippen MR) is 542 cm³/mol. The summed E-state index contributed by atoms with van der Waals surface area (Å²) in [5.74, 6) is 14.5. The largest absolute Gasteiger partial charge is 0.466 e. The minimum atomic E-state index is 0.131. The SMILES string of the molecule is CNc1nc(N)nc(N(C)CCc2ccc(C)s2)n1.CNc1nc(N)nc(NCCc2ccc(C)s2)n1.CNc1nc(NC)nc(NCCc2ccc(C)o2)n1.Cc1ccc(CCN(C)c2nc(N(C)C)nc(N(C)C)n2)o1.Cc1ccc(CCN(C)c2nc(N)nc(N(C)C)n2)o1.Cc1ccc(CCN(C)c2nc(N)nc(N)n2)s1.Cc1ccc(CCNc2nc(N)nc(N)n2)s1. The number of nitrogens with one attached hydrogen (secondary N) is 7. The van der Waals surface area contributed by atoms with E-state index >= 15 is 0 Å². The first-order valence-electron chi connectivity index (χ1n) is 42.2. The van der Waals surface area contributed by atoms with Crippen LogP contribution >= 0.6 is 45.3 Å². The van der Waals surface area contributed by atoms with E-state index in [1.165, 1.54) is 39.0 Å². The number of anilines is 21. The first-order valence-corrected chi connectivity index (χ1v) is 45.5. The highest BCUT2D eigenvalue weighted by Crippen LogP contribution is 2.24. The number of nitrogen functional groups attached to an aromatic ring is 7. The zero-order valence-corrected chi connectivity index (χ0v) is 82.7. The van der Waals surface area contributed by atoms with E-state index in [9.17, 15) is 0 Å². The second kappa shape index (κ2) is 52.4. The third kappa shape index (κ3) is 36.8. The van der Waals surface area contributed by atoms with Crippen LogP contribution in [0.25, 0.3) is 0 Å². The summed E-state index contributed by atoms with van der Waals surface area (Å²) in [6, 6.07) is 28.9. The quantitative estimate of drug-likeness (QED) is 0.0176. The van der Waals surface area contributed by atoms with Crippen LogP contribution < -0.4 is 112 Å². The van der Waals surface area contributed by atoms with E-state index in [1.807, 2.05) is 168 Å². The highest BCUT2D eigenvalue weighted by atomic mass is 32.1. The number of hydrogen-bond acceptors (Lipinski definition) is 49. The van der Waals surface area contributed by atoms with Crippen molar-refractivity contribution < 1.29 is 13.3 Å². The van der Waals surface area contributed by atoms with Crippen LogP contribution in [0.1, 0.15) is 73.6 Å². The van der Waals surface area contributed by atoms with Crippen molar-refractivity contribution in [2.75, 3.05) is 256 Å². The lowest BCUT2D eigenvalue weighted by Gasteiger charge is -2.21. The Morgan fingerprint density at radius 1 is 0.241 bits per heavy atom. The van der Waals surface area contributed by atoms with E-state index in [2.05, 4.69) is 218 Å². The Bertz CT molecular complexity index is 5740. The van der Waals surface area contributed by atoms with E-state index in [4.69, 9.17) is 53.4 Å². The van der Waals surface area contributed by atoms with E-state index in [-0.39, 0.29) is 41.6 Å². The average molecular weight is 1900 g/mol. The zero-order chi connectivity index (χ0) is 96.8. The minimum absolute atomic E-state index is 0.131. The molecule has 14 aromatic heterocycles. The van der Waals surface area contributed by atoms with Gasteiger partial charge in [0.1, 0.15) is 34.6 Å². The van der Waals surface area contributed by atoms with Crippen molar-refractivity contribution in [2.45, 2.75) is 93.4 Å². The molecule has 14 aromatic rings. The summed E-state index contributed by atoms with van der Waals surface area (Å²) in [6.45, 7) is 19.6. The smallest absolute Gasteiger partial charge is 0.231 e. The summed E-state index contributed by atoms with van der Waals surface area (Å²) in [7, 11) is 26.2. The molecule has 0 aliphatic heterocycles. The van der Waals surface area contributed by atoms with Gasteiger partial charge in [-0.1, -0.05) is 0 Å². The molecular weight excluding hydrogens is 1770 g/mol. The minimum Gasteiger partial charge on any atom is -0.466 e. The number of nitrogens with two attached hydrogens (primary N) is 7. The Hall–Kier alpha value is -14.5. The molecule has 0 saturated heterocycles. The molecule has 0 bridgehead atoms. The van der Waals surface area contributed by atoms with Crippen molar-refractivity contribution >= 4 is 170 Å². The number of hydrogen-bond donors (Lipinski definition) is 14. The van der Waals surface area contributed by atoms with Gasteiger partial charge in [-0.15, -0.1) is 45.3 Å². The summed E-state index contributed by atoms with van der Waals surface area (Å²) >= 11 is 7.21. The predicted octanol–water partition coefficient (Wildman–Crippen LogP) is 9.40. The second-order valence-corrected chi connectivity index (χ2v) is 35.7. The van der Waals surface area contributed by atoms with Crippen molar-refractivity contribution in [1.29, 1.82) is 0 Å². The Labute approximate surface area is 791 Å². The molecular formula is C84H126N42O3S4. The average Bonchev–Trinajstić information content (AvgIpc) is 1.57. The van der Waals surface area contributed by atoms with Crippen molar-refractivity contribution in [3.63, 3.8) is 0 Å². The lowest BCUT2D eigenvalue weighted by atomic mass is 10.3. The Morgan fingerprint density at radius 3 is 0.812 bits per heavy atom. The maximum Gasteiger partial charge on any atom is 0.231 e. The van der Waals surface area contributed by atoms with Gasteiger partial charge < -0.3 is 125 Å². The van der Waals surface area contributed by atoms with Crippen LogP contribution in [0.3, 0.4) is 0 Å². The summed E-state index contributed by atoms with van der Waals surface area (Å²) in [4.78, 5) is 111. The van der Waals surface area contributed by atoms with Crippen molar-refractivity contribution in [2.24, 2.45) is 0 Å². The number of aromatic nitrogens is 21. The standard InChI is InChI=1S/C15H24N6O.C13H20N6O.C12H18N6O.C12H18N6S.2C11H16N6S.C10H14N6S/c1-11-7-8-12(22-11)9-10-21(6)15-17-13(19(2)3)16-14(18-15)20(4)5;1-9-5-6-10(20-9)7-8-19(4)13-16-11(14)15-12(17-13)18(2)3;1-8-4-5-9(19-8)6-7-15-12-17-10(13-2)16-11(14-3)18-12;1-8-4-5-9(19-8)6-7-18(3)12-16-10(13)15-11(14-2)17-12;1-7-3-4-8(18-7)5-6-17(2)11-15-9(12)14-10(13)16-11;1-7-3-4-8(18-7)5-6-14-11-16-9(12)15-10(13-2)17-11;1-6-2-3-7(17-6)4-5-13-10-15-8(11)14-9(12)16-10/h7-8H,9-10H2,1-6H3;5-6H,7-8H2,1-4H3,(H2,14,15,16,17);4-5H,6-7H2,1-3H3,(H3,13,14,15,16,17,18);4-5H,6-7H2,1-3H3,(H3,13,14,15,16,17);3-4H,5-6H2,1-2H3,(H4,12,13,14,15,16);3-4H,5-6H2,1-2H3,(H4,12,13,14,15,16,17);2-3H,4-5H2,1H3,(H5,11,12,13,14,15,16). The summed E-state index contributed by atoms with van der Waals surface area (Å²) in [5, 5.41) is 20.9. The number of likely N-dealkylation sites (N-methyl/N-ethyl adjacent to an activating group) is 4. The van der Waals surface area contributed by atoms with Gasteiger partial charge in [0.25, 0.3) is 0 Å². The van der Waals surface area contributed by atoms with Crippen LogP contribution in [0.2, 0.25) is 0 Å². The fourth-order valence-electron chi connectivity index (χ4n) is 11.4. The van der Waals surface area contributed by atoms with Gasteiger partial charge in [0, 0.05) is 203 Å². The molecule has 21 N–H and O–H groups in total. The molecule has 14 rings (SSSR count). The van der Waals surface area contributed by atoms with Crippen LogP contribution in [-0.4, -0.2) is 249 Å². The number of aryl methyl sites for hydroxylation is 7. The summed E-state index contributed by atoms with van der Waals surface area (Å²) < 4.78 is 16.6. The van der Waals surface area contributed by atoms with Crippen LogP contribution in [0.4, 0.5) is 125 Å². The topological polar surface area (TPSA) is 599 Å². The maximum absolute atomic E-state index is 5.71. The van der Waals surface area contributed by atoms with Crippen LogP contribution in [0.5, 0.6) is 0 Å². The monoisotopic (exact) mass is 1900 g/mol. The molecule has 0 saturated carbocycles. The molecule has 45 nitrogen and oxygen atoms in total. The third-order valence-corrected chi connectivity index (χ3v) is 22.5. The summed E-state index contributed by atoms with van der Waals surface area (Å²) in [5.41, 5.74) is 39.0. The van der Waals surface area contributed by atoms with Gasteiger partial charge >= 0.3 is 0 Å². The second-order valence-electron chi connectivity index (χ2n) is 30.2. The lowest BCUT2D eigenvalue weighted by molar-refractivity contribution is 0.482. The fourth-order valence-corrected chi connectivity index (χ4v) is 14.9. The van der Waals surface area contributed by atoms with Gasteiger partial charge in [0.15, 0.2) is 0 Å². The van der Waals surface area contributed by atoms with Gasteiger partial charge in [-0.05, 0) is 159 Å². The van der Waals surface area contributed by atoms with Crippen molar-refractivity contribution in [3.05, 3.63) is 159 Å². The van der Waals surface area contributed by atoms with E-state index in [0.29, 0.717) is 89.8 Å². The normalized spacial score (nSPS) is 10.5. The van der Waals surface area contributed by atoms with Crippen LogP contribution in [0, 0.1) is 48.5 Å². The van der Waals surface area contributed by atoms with Gasteiger partial charge in [-0.3, -0.25) is 0 Å². The fraction of sp³-hybridized carbons (Fsp3) is 0.417. The van der Waals surface area contributed by atoms with E-state index in [0.717, 1.165) is 119 Å². The molecule has 0 spiro atoms. The van der Waals surface area contributed by atoms with Crippen LogP contribution in [0.15, 0.2) is 98.2 Å². The molecule has 0 radical (unpaired) electrons. The number of rotatable bonds is 35. The number of furan rings is 3. The maximum atomic E-state index is 5.71. The molecule has 0 aliphatic rings. The van der Waals surface area contributed by atoms with Crippen LogP contribution in [-0.2, 0) is 44.9 Å². The number of thiophene rings is 4. The molecule has 0 aliphatic carbocycles. The molecule has 49 heteroatoms. The molecule has 714 valence electrons. The lowest BCUT2D eigenvalue weighted by Crippen LogP contribution is -2.26. The highest BCUT2D eigenvalue weighted by Gasteiger charge is 2.18. The Balaban J connectivity index is 0.000000191. The van der Waals surface area contributed by atoms with Gasteiger partial charge in [0.05, 0.1) is 0 Å². The molecule has 0 aromatic carbocycles. The first-order chi connectivity index (χ1) is 63.4. The molecule has 0 unspecified atom stereocenters. The zero-order valence-electron chi connectivity index (χ0n) is 79.4. The van der Waals surface area contributed by atoms with Crippen molar-refractivity contribution in [1.82, 2.24) is 105 Å². The van der Waals surface area contributed by atoms with E-state index < -0.39 is 0 Å². The van der Waals surface area contributed by atoms with Gasteiger partial charge in [0.2, 0.25) is 125 Å². The Kier molecular flexibility index (Phi) is 40.9. The summed E-state index contributed by atoms with van der Waals surface area (Å²) in [6.07, 6.45) is 6.15. The first kappa shape index (κ1) is 104. The van der Waals surface area contributed by atoms with Gasteiger partial charge in [-0.25, -0.2) is 0 Å². The number of nitrogens with zero attached hydrogens (tertiary/aromatic N) is 28. The third-order valence-electron chi connectivity index (χ3n) is 18.3. The van der Waals surface area contributed by atoms with Crippen molar-refractivity contribution in [3.8, 4) is 0 Å². The van der Waals surface area contributed by atoms with Gasteiger partial charge in [-0.2, -0.15) is 105 Å². The molecule has 0 amide bonds. The molecule has 133 heavy (non-hydrogen) atoms. The Morgan fingerprint density at radius 2 is 0.474 bits per heavy atom. The molecule has 0 atom stereocenters. The van der Waals surface area contributed by atoms with E-state index in [1.54, 1.807) is 67.1 Å². The molecule has 0 fully saturated rings. The molecule has 14 heterocycles. The highest BCUT2D eigenvalue weighted by molar-refractivity contribution is 7.12.